The molecule has 3 rings (SSSR count). The van der Waals surface area contributed by atoms with Crippen molar-refractivity contribution in [1.29, 1.82) is 0 Å². The molecule has 0 bridgehead atoms. The number of benzene rings is 1. The maximum Gasteiger partial charge on any atom is 0.107 e. The molecular weight excluding hydrogens is 266 g/mol. The molecule has 2 N–H and O–H groups in total. The first kappa shape index (κ1) is 13.3. The van der Waals surface area contributed by atoms with Gasteiger partial charge in [-0.3, -0.25) is 4.98 Å². The molecule has 0 unspecified atom stereocenters. The van der Waals surface area contributed by atoms with Gasteiger partial charge in [-0.05, 0) is 31.7 Å². The van der Waals surface area contributed by atoms with E-state index in [0.29, 0.717) is 4.99 Å². The lowest BCUT2D eigenvalue weighted by Gasteiger charge is -2.27. The molecule has 1 aromatic carbocycles. The topological polar surface area (TPSA) is 42.1 Å². The third-order valence-electron chi connectivity index (χ3n) is 3.89. The summed E-state index contributed by atoms with van der Waals surface area (Å²) in [5.74, 6) is 0.820. The van der Waals surface area contributed by atoms with Crippen molar-refractivity contribution in [1.82, 2.24) is 4.98 Å². The lowest BCUT2D eigenvalue weighted by Crippen LogP contribution is -2.28. The zero-order chi connectivity index (χ0) is 14.1. The highest BCUT2D eigenvalue weighted by atomic mass is 32.1. The van der Waals surface area contributed by atoms with Crippen LogP contribution in [0.25, 0.3) is 10.9 Å². The van der Waals surface area contributed by atoms with Crippen LogP contribution in [-0.2, 0) is 0 Å². The van der Waals surface area contributed by atoms with Gasteiger partial charge >= 0.3 is 0 Å². The highest BCUT2D eigenvalue weighted by Gasteiger charge is 2.26. The standard InChI is InChI=1S/C16H19N3S/c1-2-19(10-11-7-8-11)15-12-5-3-4-6-14(12)18-9-13(15)16(17)20/h3-6,9,11H,2,7-8,10H2,1H3,(H2,17,20). The molecule has 4 heteroatoms. The van der Waals surface area contributed by atoms with E-state index < -0.39 is 0 Å². The number of anilines is 1. The summed E-state index contributed by atoms with van der Waals surface area (Å²) in [5.41, 5.74) is 8.95. The second-order valence-corrected chi connectivity index (χ2v) is 5.82. The van der Waals surface area contributed by atoms with E-state index in [4.69, 9.17) is 18.0 Å². The average molecular weight is 285 g/mol. The van der Waals surface area contributed by atoms with Gasteiger partial charge in [0.2, 0.25) is 0 Å². The van der Waals surface area contributed by atoms with Gasteiger partial charge < -0.3 is 10.6 Å². The Hall–Kier alpha value is -1.68. The van der Waals surface area contributed by atoms with E-state index in [-0.39, 0.29) is 0 Å². The van der Waals surface area contributed by atoms with Crippen LogP contribution >= 0.6 is 12.2 Å². The molecule has 0 saturated heterocycles. The van der Waals surface area contributed by atoms with Gasteiger partial charge in [-0.2, -0.15) is 0 Å². The first-order chi connectivity index (χ1) is 9.70. The first-order valence-electron chi connectivity index (χ1n) is 7.13. The van der Waals surface area contributed by atoms with Crippen molar-refractivity contribution < 1.29 is 0 Å². The van der Waals surface area contributed by atoms with E-state index >= 15 is 0 Å². The zero-order valence-corrected chi connectivity index (χ0v) is 12.5. The summed E-state index contributed by atoms with van der Waals surface area (Å²) in [4.78, 5) is 7.30. The molecule has 1 saturated carbocycles. The van der Waals surface area contributed by atoms with E-state index in [1.165, 1.54) is 12.8 Å². The van der Waals surface area contributed by atoms with Crippen LogP contribution < -0.4 is 10.6 Å². The number of pyridine rings is 1. The Morgan fingerprint density at radius 2 is 2.15 bits per heavy atom. The van der Waals surface area contributed by atoms with E-state index in [2.05, 4.69) is 22.9 Å². The molecular formula is C16H19N3S. The second-order valence-electron chi connectivity index (χ2n) is 5.38. The van der Waals surface area contributed by atoms with E-state index in [1.807, 2.05) is 24.4 Å². The van der Waals surface area contributed by atoms with Crippen molar-refractivity contribution in [3.8, 4) is 0 Å². The third kappa shape index (κ3) is 2.48. The lowest BCUT2D eigenvalue weighted by atomic mass is 10.1. The normalized spacial score (nSPS) is 14.4. The Bertz CT molecular complexity index is 649. The van der Waals surface area contributed by atoms with Crippen molar-refractivity contribution in [2.45, 2.75) is 19.8 Å². The fourth-order valence-electron chi connectivity index (χ4n) is 2.64. The Morgan fingerprint density at radius 1 is 1.40 bits per heavy atom. The van der Waals surface area contributed by atoms with Gasteiger partial charge in [0.1, 0.15) is 4.99 Å². The fourth-order valence-corrected chi connectivity index (χ4v) is 2.79. The number of rotatable bonds is 5. The van der Waals surface area contributed by atoms with Crippen molar-refractivity contribution in [2.75, 3.05) is 18.0 Å². The first-order valence-corrected chi connectivity index (χ1v) is 7.54. The average Bonchev–Trinajstić information content (AvgIpc) is 3.27. The van der Waals surface area contributed by atoms with Crippen LogP contribution in [0.2, 0.25) is 0 Å². The van der Waals surface area contributed by atoms with Gasteiger partial charge in [0, 0.05) is 24.7 Å². The second kappa shape index (κ2) is 5.37. The summed E-state index contributed by atoms with van der Waals surface area (Å²) in [6.45, 7) is 4.22. The molecule has 1 aliphatic carbocycles. The van der Waals surface area contributed by atoms with Crippen LogP contribution in [0, 0.1) is 5.92 Å². The highest BCUT2D eigenvalue weighted by molar-refractivity contribution is 7.80. The summed E-state index contributed by atoms with van der Waals surface area (Å²) in [6.07, 6.45) is 4.49. The Kier molecular flexibility index (Phi) is 3.57. The predicted molar refractivity (Wildman–Crippen MR) is 88.2 cm³/mol. The molecule has 0 spiro atoms. The minimum Gasteiger partial charge on any atom is -0.389 e. The number of nitrogens with two attached hydrogens (primary N) is 1. The molecule has 1 fully saturated rings. The van der Waals surface area contributed by atoms with Gasteiger partial charge in [-0.15, -0.1) is 0 Å². The van der Waals surface area contributed by atoms with Crippen molar-refractivity contribution in [2.24, 2.45) is 11.7 Å². The highest BCUT2D eigenvalue weighted by Crippen LogP contribution is 2.35. The molecule has 0 atom stereocenters. The minimum atomic E-state index is 0.424. The smallest absolute Gasteiger partial charge is 0.107 e. The maximum atomic E-state index is 5.91. The van der Waals surface area contributed by atoms with Crippen LogP contribution in [0.4, 0.5) is 5.69 Å². The van der Waals surface area contributed by atoms with Gasteiger partial charge in [0.15, 0.2) is 0 Å². The third-order valence-corrected chi connectivity index (χ3v) is 4.11. The Balaban J connectivity index is 2.17. The van der Waals surface area contributed by atoms with E-state index in [9.17, 15) is 0 Å². The molecule has 20 heavy (non-hydrogen) atoms. The summed E-state index contributed by atoms with van der Waals surface area (Å²) in [5, 5.41) is 1.14. The lowest BCUT2D eigenvalue weighted by molar-refractivity contribution is 0.743. The largest absolute Gasteiger partial charge is 0.389 e. The van der Waals surface area contributed by atoms with Gasteiger partial charge in [0.05, 0.1) is 16.8 Å². The molecule has 0 amide bonds. The fraction of sp³-hybridized carbons (Fsp3) is 0.375. The van der Waals surface area contributed by atoms with Crippen LogP contribution in [0.15, 0.2) is 30.5 Å². The van der Waals surface area contributed by atoms with Crippen molar-refractivity contribution in [3.05, 3.63) is 36.0 Å². The quantitative estimate of drug-likeness (QED) is 0.857. The minimum absolute atomic E-state index is 0.424. The number of thiocarbonyl (C=S) groups is 1. The van der Waals surface area contributed by atoms with E-state index in [1.54, 1.807) is 0 Å². The zero-order valence-electron chi connectivity index (χ0n) is 11.7. The van der Waals surface area contributed by atoms with Gasteiger partial charge in [-0.1, -0.05) is 30.4 Å². The van der Waals surface area contributed by atoms with Crippen LogP contribution in [0.1, 0.15) is 25.3 Å². The van der Waals surface area contributed by atoms with Crippen LogP contribution in [0.5, 0.6) is 0 Å². The van der Waals surface area contributed by atoms with Crippen molar-refractivity contribution in [3.63, 3.8) is 0 Å². The monoisotopic (exact) mass is 285 g/mol. The summed E-state index contributed by atoms with van der Waals surface area (Å²) in [6, 6.07) is 8.20. The Labute approximate surface area is 124 Å². The van der Waals surface area contributed by atoms with E-state index in [0.717, 1.165) is 41.2 Å². The Morgan fingerprint density at radius 3 is 2.80 bits per heavy atom. The number of fused-ring (bicyclic) bond motifs is 1. The molecule has 3 nitrogen and oxygen atoms in total. The molecule has 0 aliphatic heterocycles. The molecule has 1 aliphatic rings. The summed E-state index contributed by atoms with van der Waals surface area (Å²) >= 11 is 5.22. The number of nitrogens with zero attached hydrogens (tertiary/aromatic N) is 2. The van der Waals surface area contributed by atoms with Crippen LogP contribution in [-0.4, -0.2) is 23.1 Å². The number of hydrogen-bond acceptors (Lipinski definition) is 3. The summed E-state index contributed by atoms with van der Waals surface area (Å²) < 4.78 is 0. The number of para-hydroxylation sites is 1. The molecule has 104 valence electrons. The van der Waals surface area contributed by atoms with Gasteiger partial charge in [-0.25, -0.2) is 0 Å². The SMILES string of the molecule is CCN(CC1CC1)c1c(C(N)=S)cnc2ccccc12. The number of aromatic nitrogens is 1. The molecule has 2 aromatic rings. The number of hydrogen-bond donors (Lipinski definition) is 1. The molecule has 0 radical (unpaired) electrons. The molecule has 1 heterocycles. The molecule has 1 aromatic heterocycles. The maximum absolute atomic E-state index is 5.91. The van der Waals surface area contributed by atoms with Crippen LogP contribution in [0.3, 0.4) is 0 Å². The summed E-state index contributed by atoms with van der Waals surface area (Å²) in [7, 11) is 0. The van der Waals surface area contributed by atoms with Crippen molar-refractivity contribution >= 4 is 33.8 Å². The van der Waals surface area contributed by atoms with Gasteiger partial charge in [0.25, 0.3) is 0 Å². The predicted octanol–water partition coefficient (Wildman–Crippen LogP) is 3.11.